The number of nitriles is 1. The van der Waals surface area contributed by atoms with Gasteiger partial charge in [0.25, 0.3) is 0 Å². The molecule has 0 aliphatic heterocycles. The first-order valence-corrected chi connectivity index (χ1v) is 3.59. The lowest BCUT2D eigenvalue weighted by Gasteiger charge is -1.95. The van der Waals surface area contributed by atoms with Crippen molar-refractivity contribution in [3.63, 3.8) is 0 Å². The average molecular weight is 165 g/mol. The molecule has 0 N–H and O–H groups in total. The van der Waals surface area contributed by atoms with Crippen LogP contribution in [-0.2, 0) is 0 Å². The van der Waals surface area contributed by atoms with Gasteiger partial charge in [0.1, 0.15) is 5.83 Å². The summed E-state index contributed by atoms with van der Waals surface area (Å²) >= 11 is 0. The fraction of sp³-hybridized carbons (Fsp3) is 0.300. The predicted molar refractivity (Wildman–Crippen MR) is 48.0 cm³/mol. The zero-order valence-corrected chi connectivity index (χ0v) is 7.61. The summed E-state index contributed by atoms with van der Waals surface area (Å²) in [6, 6.07) is 1.91. The van der Waals surface area contributed by atoms with E-state index in [4.69, 9.17) is 5.26 Å². The maximum atomic E-state index is 12.9. The summed E-state index contributed by atoms with van der Waals surface area (Å²) in [4.78, 5) is 0. The van der Waals surface area contributed by atoms with Crippen molar-refractivity contribution in [2.45, 2.75) is 20.8 Å². The zero-order chi connectivity index (χ0) is 9.72. The normalized spacial score (nSPS) is 10.4. The van der Waals surface area contributed by atoms with E-state index in [1.165, 1.54) is 6.08 Å². The quantitative estimate of drug-likeness (QED) is 0.455. The monoisotopic (exact) mass is 165 g/mol. The van der Waals surface area contributed by atoms with E-state index in [1.807, 2.05) is 6.07 Å². The van der Waals surface area contributed by atoms with Crippen LogP contribution in [0.15, 0.2) is 35.2 Å². The first-order chi connectivity index (χ1) is 5.49. The van der Waals surface area contributed by atoms with E-state index in [2.05, 4.69) is 6.58 Å². The second-order valence-electron chi connectivity index (χ2n) is 2.80. The number of rotatable bonds is 2. The molecule has 0 saturated carbocycles. The van der Waals surface area contributed by atoms with Crippen LogP contribution in [0.1, 0.15) is 20.8 Å². The summed E-state index contributed by atoms with van der Waals surface area (Å²) in [5, 5.41) is 8.58. The fourth-order valence-corrected chi connectivity index (χ4v) is 0.538. The van der Waals surface area contributed by atoms with Crippen LogP contribution in [0.3, 0.4) is 0 Å². The number of halogens is 1. The Morgan fingerprint density at radius 1 is 1.42 bits per heavy atom. The Bertz CT molecular complexity index is 285. The summed E-state index contributed by atoms with van der Waals surface area (Å²) in [6.07, 6.45) is 1.21. The molecule has 0 bridgehead atoms. The summed E-state index contributed by atoms with van der Waals surface area (Å²) in [7, 11) is 0. The minimum Gasteiger partial charge on any atom is -0.207 e. The molecule has 0 aromatic rings. The Morgan fingerprint density at radius 3 is 2.17 bits per heavy atom. The van der Waals surface area contributed by atoms with Gasteiger partial charge in [-0.25, -0.2) is 4.39 Å². The van der Waals surface area contributed by atoms with Gasteiger partial charge in [0.2, 0.25) is 0 Å². The molecule has 0 heterocycles. The van der Waals surface area contributed by atoms with E-state index >= 15 is 0 Å². The summed E-state index contributed by atoms with van der Waals surface area (Å²) in [6.45, 7) is 8.52. The highest BCUT2D eigenvalue weighted by molar-refractivity contribution is 5.40. The van der Waals surface area contributed by atoms with Gasteiger partial charge in [0.05, 0.1) is 11.6 Å². The Balaban J connectivity index is 4.88. The van der Waals surface area contributed by atoms with Crippen LogP contribution in [0.25, 0.3) is 0 Å². The molecule has 64 valence electrons. The minimum absolute atomic E-state index is 0.337. The predicted octanol–water partition coefficient (Wildman–Crippen LogP) is 3.28. The van der Waals surface area contributed by atoms with Crippen molar-refractivity contribution < 1.29 is 4.39 Å². The van der Waals surface area contributed by atoms with Crippen molar-refractivity contribution in [3.8, 4) is 6.07 Å². The van der Waals surface area contributed by atoms with E-state index in [-0.39, 0.29) is 0 Å². The third kappa shape index (κ3) is 3.16. The van der Waals surface area contributed by atoms with Crippen molar-refractivity contribution in [1.29, 1.82) is 5.26 Å². The van der Waals surface area contributed by atoms with E-state index in [0.717, 1.165) is 5.57 Å². The van der Waals surface area contributed by atoms with Crippen molar-refractivity contribution in [3.05, 3.63) is 35.2 Å². The number of allylic oxidation sites excluding steroid dienone is 5. The molecule has 0 aromatic heterocycles. The van der Waals surface area contributed by atoms with Crippen molar-refractivity contribution in [2.75, 3.05) is 0 Å². The van der Waals surface area contributed by atoms with E-state index in [9.17, 15) is 4.39 Å². The zero-order valence-electron chi connectivity index (χ0n) is 7.61. The number of hydrogen-bond acceptors (Lipinski definition) is 1. The Labute approximate surface area is 72.5 Å². The molecule has 2 heteroatoms. The van der Waals surface area contributed by atoms with Gasteiger partial charge in [-0.2, -0.15) is 5.26 Å². The first-order valence-electron chi connectivity index (χ1n) is 3.59. The van der Waals surface area contributed by atoms with Crippen LogP contribution in [0.2, 0.25) is 0 Å². The second-order valence-corrected chi connectivity index (χ2v) is 2.80. The lowest BCUT2D eigenvalue weighted by atomic mass is 10.1. The Kier molecular flexibility index (Phi) is 3.99. The Morgan fingerprint density at radius 2 is 1.92 bits per heavy atom. The van der Waals surface area contributed by atoms with Gasteiger partial charge in [-0.1, -0.05) is 12.2 Å². The van der Waals surface area contributed by atoms with Crippen LogP contribution in [0.5, 0.6) is 0 Å². The van der Waals surface area contributed by atoms with E-state index in [1.54, 1.807) is 20.8 Å². The van der Waals surface area contributed by atoms with Gasteiger partial charge >= 0.3 is 0 Å². The molecule has 0 fully saturated rings. The highest BCUT2D eigenvalue weighted by atomic mass is 19.1. The molecule has 0 aliphatic rings. The van der Waals surface area contributed by atoms with Crippen molar-refractivity contribution in [1.82, 2.24) is 0 Å². The highest BCUT2D eigenvalue weighted by Gasteiger charge is 1.98. The molecule has 0 radical (unpaired) electrons. The molecule has 0 saturated heterocycles. The Hall–Kier alpha value is -1.36. The SMILES string of the molecule is C=C(C)/C(F)=C\C(C#N)=C(C)C. The number of nitrogens with zero attached hydrogens (tertiary/aromatic N) is 1. The molecule has 12 heavy (non-hydrogen) atoms. The van der Waals surface area contributed by atoms with E-state index < -0.39 is 5.83 Å². The number of hydrogen-bond donors (Lipinski definition) is 0. The van der Waals surface area contributed by atoms with Gasteiger partial charge in [-0.05, 0) is 32.4 Å². The van der Waals surface area contributed by atoms with Crippen LogP contribution in [0.4, 0.5) is 4.39 Å². The van der Waals surface area contributed by atoms with Crippen LogP contribution in [-0.4, -0.2) is 0 Å². The summed E-state index contributed by atoms with van der Waals surface area (Å²) in [5.74, 6) is -0.437. The van der Waals surface area contributed by atoms with Gasteiger partial charge in [-0.15, -0.1) is 0 Å². The van der Waals surface area contributed by atoms with Gasteiger partial charge in [0.15, 0.2) is 0 Å². The molecule has 0 rings (SSSR count). The van der Waals surface area contributed by atoms with Crippen molar-refractivity contribution in [2.24, 2.45) is 0 Å². The fourth-order valence-electron chi connectivity index (χ4n) is 0.538. The molecular weight excluding hydrogens is 153 g/mol. The lowest BCUT2D eigenvalue weighted by molar-refractivity contribution is 0.652. The molecule has 0 unspecified atom stereocenters. The molecule has 0 atom stereocenters. The highest BCUT2D eigenvalue weighted by Crippen LogP contribution is 2.13. The van der Waals surface area contributed by atoms with Gasteiger partial charge < -0.3 is 0 Å². The third-order valence-corrected chi connectivity index (χ3v) is 1.34. The van der Waals surface area contributed by atoms with Gasteiger partial charge in [0, 0.05) is 0 Å². The molecule has 1 nitrogen and oxygen atoms in total. The van der Waals surface area contributed by atoms with Crippen LogP contribution >= 0.6 is 0 Å². The minimum atomic E-state index is -0.437. The largest absolute Gasteiger partial charge is 0.207 e. The maximum Gasteiger partial charge on any atom is 0.126 e. The maximum absolute atomic E-state index is 12.9. The van der Waals surface area contributed by atoms with Gasteiger partial charge in [-0.3, -0.25) is 0 Å². The molecule has 0 aromatic carbocycles. The summed E-state index contributed by atoms with van der Waals surface area (Å²) in [5.41, 5.74) is 1.49. The topological polar surface area (TPSA) is 23.8 Å². The van der Waals surface area contributed by atoms with E-state index in [0.29, 0.717) is 11.1 Å². The third-order valence-electron chi connectivity index (χ3n) is 1.34. The first kappa shape index (κ1) is 10.6. The van der Waals surface area contributed by atoms with Crippen LogP contribution < -0.4 is 0 Å². The standard InChI is InChI=1S/C10H12FN/c1-7(2)9(6-12)5-10(11)8(3)4/h5H,3H2,1-2,4H3/b10-5+. The average Bonchev–Trinajstić information content (AvgIpc) is 1.98. The lowest BCUT2D eigenvalue weighted by Crippen LogP contribution is -1.81. The molecular formula is C10H12FN. The smallest absolute Gasteiger partial charge is 0.126 e. The molecule has 0 spiro atoms. The van der Waals surface area contributed by atoms with Crippen molar-refractivity contribution >= 4 is 0 Å². The second kappa shape index (κ2) is 4.50. The molecule has 0 aliphatic carbocycles. The van der Waals surface area contributed by atoms with Crippen LogP contribution in [0, 0.1) is 11.3 Å². The summed E-state index contributed by atoms with van der Waals surface area (Å²) < 4.78 is 12.9. The molecule has 0 amide bonds.